The number of fused-ring (bicyclic) bond motifs is 1. The van der Waals surface area contributed by atoms with Crippen molar-refractivity contribution >= 4 is 34.9 Å². The van der Waals surface area contributed by atoms with Gasteiger partial charge in [-0.1, -0.05) is 29.3 Å². The van der Waals surface area contributed by atoms with Crippen molar-refractivity contribution < 1.29 is 9.53 Å². The molecule has 0 unspecified atom stereocenters. The first kappa shape index (κ1) is 21.0. The number of hydrogen-bond acceptors (Lipinski definition) is 5. The average Bonchev–Trinajstić information content (AvgIpc) is 3.09. The topological polar surface area (TPSA) is 81.4 Å². The zero-order valence-corrected chi connectivity index (χ0v) is 18.4. The van der Waals surface area contributed by atoms with Gasteiger partial charge in [-0.3, -0.25) is 4.79 Å². The largest absolute Gasteiger partial charge is 0.381 e. The summed E-state index contributed by atoms with van der Waals surface area (Å²) in [5, 5.41) is 8.67. The molecule has 3 heterocycles. The third-order valence-electron chi connectivity index (χ3n) is 5.56. The van der Waals surface area contributed by atoms with Crippen LogP contribution in [0.3, 0.4) is 0 Å². The number of nitrogens with one attached hydrogen (secondary N) is 1. The molecule has 9 heteroatoms. The Labute approximate surface area is 184 Å². The molecule has 158 valence electrons. The highest BCUT2D eigenvalue weighted by atomic mass is 35.5. The predicted molar refractivity (Wildman–Crippen MR) is 115 cm³/mol. The van der Waals surface area contributed by atoms with Crippen molar-refractivity contribution in [1.29, 1.82) is 0 Å². The molecule has 30 heavy (non-hydrogen) atoms. The van der Waals surface area contributed by atoms with E-state index in [1.807, 2.05) is 32.0 Å². The molecular weight excluding hydrogens is 425 g/mol. The van der Waals surface area contributed by atoms with Gasteiger partial charge in [-0.05, 0) is 50.5 Å². The summed E-state index contributed by atoms with van der Waals surface area (Å²) in [6.07, 6.45) is 1.62. The Morgan fingerprint density at radius 3 is 2.70 bits per heavy atom. The summed E-state index contributed by atoms with van der Waals surface area (Å²) in [4.78, 5) is 21.5. The van der Waals surface area contributed by atoms with Gasteiger partial charge in [-0.2, -0.15) is 4.98 Å². The van der Waals surface area contributed by atoms with E-state index < -0.39 is 0 Å². The van der Waals surface area contributed by atoms with Gasteiger partial charge >= 0.3 is 0 Å². The minimum absolute atomic E-state index is 0.0861. The Bertz CT molecular complexity index is 1090. The summed E-state index contributed by atoms with van der Waals surface area (Å²) in [6.45, 7) is 5.54. The quantitative estimate of drug-likeness (QED) is 0.647. The fraction of sp³-hybridized carbons (Fsp3) is 0.429. The summed E-state index contributed by atoms with van der Waals surface area (Å²) < 4.78 is 7.21. The minimum atomic E-state index is -0.294. The normalized spacial score (nSPS) is 16.0. The lowest BCUT2D eigenvalue weighted by Crippen LogP contribution is -2.45. The van der Waals surface area contributed by atoms with Crippen molar-refractivity contribution in [3.63, 3.8) is 0 Å². The third kappa shape index (κ3) is 4.29. The monoisotopic (exact) mass is 447 g/mol. The fourth-order valence-corrected chi connectivity index (χ4v) is 4.59. The van der Waals surface area contributed by atoms with Crippen LogP contribution in [0.2, 0.25) is 10.0 Å². The number of nitrogens with zero attached hydrogens (tertiary/aromatic N) is 4. The van der Waals surface area contributed by atoms with E-state index in [0.717, 1.165) is 29.8 Å². The van der Waals surface area contributed by atoms with Gasteiger partial charge in [0.05, 0.1) is 6.42 Å². The smallest absolute Gasteiger partial charge is 0.252 e. The number of ether oxygens (including phenoxy) is 1. The first-order chi connectivity index (χ1) is 14.4. The molecule has 3 aromatic rings. The molecule has 1 amide bonds. The molecule has 1 aromatic carbocycles. The lowest BCUT2D eigenvalue weighted by atomic mass is 9.74. The van der Waals surface area contributed by atoms with Crippen LogP contribution in [0.25, 0.3) is 5.78 Å². The van der Waals surface area contributed by atoms with Gasteiger partial charge in [0.2, 0.25) is 5.91 Å². The number of aromatic nitrogens is 4. The number of aryl methyl sites for hydroxylation is 2. The maximum atomic E-state index is 12.7. The molecule has 2 aromatic heterocycles. The van der Waals surface area contributed by atoms with Gasteiger partial charge in [0, 0.05) is 46.6 Å². The Hall–Kier alpha value is -2.22. The van der Waals surface area contributed by atoms with Crippen molar-refractivity contribution in [2.75, 3.05) is 19.8 Å². The SMILES string of the molecule is Cc1cc(C)n2nc(CC(=O)NCC3(c4ccc(Cl)cc4Cl)CCOCC3)nc2n1. The van der Waals surface area contributed by atoms with E-state index in [2.05, 4.69) is 20.4 Å². The molecule has 4 rings (SSSR count). The van der Waals surface area contributed by atoms with Gasteiger partial charge in [0.15, 0.2) is 5.82 Å². The van der Waals surface area contributed by atoms with Gasteiger partial charge < -0.3 is 10.1 Å². The molecular formula is C21H23Cl2N5O2. The van der Waals surface area contributed by atoms with Crippen LogP contribution < -0.4 is 5.32 Å². The lowest BCUT2D eigenvalue weighted by Gasteiger charge is -2.38. The molecule has 0 bridgehead atoms. The number of hydrogen-bond donors (Lipinski definition) is 1. The highest BCUT2D eigenvalue weighted by molar-refractivity contribution is 6.35. The van der Waals surface area contributed by atoms with Crippen LogP contribution in [0.4, 0.5) is 0 Å². The van der Waals surface area contributed by atoms with Gasteiger partial charge in [0.25, 0.3) is 5.78 Å². The molecule has 0 spiro atoms. The number of rotatable bonds is 5. The Morgan fingerprint density at radius 2 is 1.97 bits per heavy atom. The predicted octanol–water partition coefficient (Wildman–Crippen LogP) is 3.46. The Kier molecular flexibility index (Phi) is 5.95. The minimum Gasteiger partial charge on any atom is -0.381 e. The van der Waals surface area contributed by atoms with E-state index in [1.54, 1.807) is 10.6 Å². The molecule has 1 saturated heterocycles. The highest BCUT2D eigenvalue weighted by Crippen LogP contribution is 2.39. The second kappa shape index (κ2) is 8.49. The first-order valence-electron chi connectivity index (χ1n) is 9.86. The van der Waals surface area contributed by atoms with E-state index in [9.17, 15) is 4.79 Å². The lowest BCUT2D eigenvalue weighted by molar-refractivity contribution is -0.121. The average molecular weight is 448 g/mol. The van der Waals surface area contributed by atoms with Crippen LogP contribution in [0.15, 0.2) is 24.3 Å². The van der Waals surface area contributed by atoms with Crippen LogP contribution in [-0.4, -0.2) is 45.2 Å². The molecule has 1 aliphatic rings. The van der Waals surface area contributed by atoms with E-state index >= 15 is 0 Å². The summed E-state index contributed by atoms with van der Waals surface area (Å²) in [5.74, 6) is 0.805. The molecule has 0 saturated carbocycles. The highest BCUT2D eigenvalue weighted by Gasteiger charge is 2.36. The Morgan fingerprint density at radius 1 is 1.20 bits per heavy atom. The summed E-state index contributed by atoms with van der Waals surface area (Å²) in [7, 11) is 0. The fourth-order valence-electron chi connectivity index (χ4n) is 3.98. The van der Waals surface area contributed by atoms with Gasteiger partial charge in [-0.15, -0.1) is 5.10 Å². The number of carbonyl (C=O) groups excluding carboxylic acids is 1. The number of halogens is 2. The van der Waals surface area contributed by atoms with Crippen LogP contribution in [0.1, 0.15) is 35.6 Å². The zero-order chi connectivity index (χ0) is 21.3. The molecule has 0 atom stereocenters. The van der Waals surface area contributed by atoms with E-state index in [4.69, 9.17) is 27.9 Å². The van der Waals surface area contributed by atoms with E-state index in [0.29, 0.717) is 41.4 Å². The maximum absolute atomic E-state index is 12.7. The van der Waals surface area contributed by atoms with Gasteiger partial charge in [0.1, 0.15) is 0 Å². The summed E-state index contributed by atoms with van der Waals surface area (Å²) in [5.41, 5.74) is 2.48. The molecule has 0 aliphatic carbocycles. The van der Waals surface area contributed by atoms with Crippen LogP contribution in [0.5, 0.6) is 0 Å². The van der Waals surface area contributed by atoms with Crippen molar-refractivity contribution in [1.82, 2.24) is 24.9 Å². The third-order valence-corrected chi connectivity index (χ3v) is 6.10. The Balaban J connectivity index is 1.50. The van der Waals surface area contributed by atoms with E-state index in [-0.39, 0.29) is 17.7 Å². The standard InChI is InChI=1S/C21H23Cl2N5O2/c1-13-9-14(2)28-20(25-13)26-18(27-28)11-19(29)24-12-21(5-7-30-8-6-21)16-4-3-15(22)10-17(16)23/h3-4,9-10H,5-8,11-12H2,1-2H3,(H,24,29). The maximum Gasteiger partial charge on any atom is 0.252 e. The second-order valence-electron chi connectivity index (χ2n) is 7.75. The number of amides is 1. The van der Waals surface area contributed by atoms with Crippen molar-refractivity contribution in [2.45, 2.75) is 38.5 Å². The van der Waals surface area contributed by atoms with Crippen LogP contribution >= 0.6 is 23.2 Å². The zero-order valence-electron chi connectivity index (χ0n) is 16.9. The number of carbonyl (C=O) groups is 1. The molecule has 1 fully saturated rings. The number of benzene rings is 1. The van der Waals surface area contributed by atoms with Crippen molar-refractivity contribution in [2.24, 2.45) is 0 Å². The summed E-state index contributed by atoms with van der Waals surface area (Å²) in [6, 6.07) is 7.45. The first-order valence-corrected chi connectivity index (χ1v) is 10.6. The molecule has 1 aliphatic heterocycles. The van der Waals surface area contributed by atoms with Crippen LogP contribution in [0, 0.1) is 13.8 Å². The van der Waals surface area contributed by atoms with E-state index in [1.165, 1.54) is 0 Å². The summed E-state index contributed by atoms with van der Waals surface area (Å²) >= 11 is 12.6. The second-order valence-corrected chi connectivity index (χ2v) is 8.59. The van der Waals surface area contributed by atoms with Gasteiger partial charge in [-0.25, -0.2) is 9.50 Å². The van der Waals surface area contributed by atoms with Crippen molar-refractivity contribution in [3.8, 4) is 0 Å². The molecule has 0 radical (unpaired) electrons. The molecule has 1 N–H and O–H groups in total. The molecule has 7 nitrogen and oxygen atoms in total. The van der Waals surface area contributed by atoms with Crippen molar-refractivity contribution in [3.05, 3.63) is 57.1 Å². The van der Waals surface area contributed by atoms with Crippen LogP contribution in [-0.2, 0) is 21.4 Å².